The normalized spacial score (nSPS) is 12.0. The predicted molar refractivity (Wildman–Crippen MR) is 101 cm³/mol. The van der Waals surface area contributed by atoms with Crippen LogP contribution < -0.4 is 5.32 Å². The highest BCUT2D eigenvalue weighted by atomic mass is 19.4. The molecule has 0 aliphatic rings. The zero-order chi connectivity index (χ0) is 22.0. The summed E-state index contributed by atoms with van der Waals surface area (Å²) in [4.78, 5) is 23.1. The number of aliphatic hydroxyl groups excluding tert-OH is 1. The number of nitrogens with zero attached hydrogens (tertiary/aromatic N) is 1. The lowest BCUT2D eigenvalue weighted by molar-refractivity contribution is -0.192. The lowest BCUT2D eigenvalue weighted by atomic mass is 10.1. The van der Waals surface area contributed by atoms with Gasteiger partial charge < -0.3 is 20.4 Å². The summed E-state index contributed by atoms with van der Waals surface area (Å²) in [6.45, 7) is 1.04. The number of hydrogen-bond acceptors (Lipinski definition) is 4. The molecule has 0 bridgehead atoms. The van der Waals surface area contributed by atoms with Gasteiger partial charge in [-0.05, 0) is 37.4 Å². The molecule has 2 rings (SSSR count). The molecule has 3 N–H and O–H groups in total. The van der Waals surface area contributed by atoms with Gasteiger partial charge in [-0.1, -0.05) is 42.5 Å². The third-order valence-corrected chi connectivity index (χ3v) is 3.60. The molecule has 1 amide bonds. The van der Waals surface area contributed by atoms with E-state index in [4.69, 9.17) is 9.90 Å². The molecule has 0 heterocycles. The summed E-state index contributed by atoms with van der Waals surface area (Å²) in [5.41, 5.74) is 2.55. The van der Waals surface area contributed by atoms with Crippen LogP contribution in [0.5, 0.6) is 0 Å². The molecule has 0 aromatic heterocycles. The Morgan fingerprint density at radius 3 is 2.00 bits per heavy atom. The van der Waals surface area contributed by atoms with Crippen molar-refractivity contribution in [3.05, 3.63) is 71.3 Å². The fourth-order valence-electron chi connectivity index (χ4n) is 2.21. The fourth-order valence-corrected chi connectivity index (χ4v) is 2.21. The van der Waals surface area contributed by atoms with Crippen LogP contribution in [0, 0.1) is 0 Å². The standard InChI is InChI=1S/C18H22N2O2.C2HF3O2/c1-20(2)13-14-8-10-16(11-9-14)18(22)19-12-17(21)15-6-4-3-5-7-15;3-2(4,5)1(6)7/h3-11,17,21H,12-13H2,1-2H3,(H,19,22);(H,6,7). The van der Waals surface area contributed by atoms with E-state index in [0.29, 0.717) is 5.56 Å². The van der Waals surface area contributed by atoms with Gasteiger partial charge in [0, 0.05) is 18.7 Å². The van der Waals surface area contributed by atoms with E-state index in [2.05, 4.69) is 10.2 Å². The number of halogens is 3. The van der Waals surface area contributed by atoms with Crippen LogP contribution in [0.25, 0.3) is 0 Å². The highest BCUT2D eigenvalue weighted by molar-refractivity contribution is 5.94. The van der Waals surface area contributed by atoms with Crippen LogP contribution in [0.15, 0.2) is 54.6 Å². The largest absolute Gasteiger partial charge is 0.490 e. The molecule has 2 aromatic carbocycles. The molecule has 9 heteroatoms. The molecule has 0 radical (unpaired) electrons. The van der Waals surface area contributed by atoms with Crippen molar-refractivity contribution < 1.29 is 33.0 Å². The number of rotatable bonds is 6. The van der Waals surface area contributed by atoms with E-state index in [9.17, 15) is 23.1 Å². The summed E-state index contributed by atoms with van der Waals surface area (Å²) in [5.74, 6) is -2.93. The van der Waals surface area contributed by atoms with Crippen LogP contribution in [0.2, 0.25) is 0 Å². The minimum absolute atomic E-state index is 0.175. The average Bonchev–Trinajstić information content (AvgIpc) is 2.66. The van der Waals surface area contributed by atoms with Crippen LogP contribution in [-0.4, -0.2) is 53.8 Å². The van der Waals surface area contributed by atoms with Gasteiger partial charge in [0.15, 0.2) is 0 Å². The molecule has 158 valence electrons. The molecule has 6 nitrogen and oxygen atoms in total. The minimum Gasteiger partial charge on any atom is -0.475 e. The Morgan fingerprint density at radius 1 is 1.03 bits per heavy atom. The van der Waals surface area contributed by atoms with Gasteiger partial charge in [0.05, 0.1) is 6.10 Å². The van der Waals surface area contributed by atoms with Gasteiger partial charge in [0.25, 0.3) is 5.91 Å². The highest BCUT2D eigenvalue weighted by Crippen LogP contribution is 2.13. The number of alkyl halides is 3. The van der Waals surface area contributed by atoms with E-state index in [0.717, 1.165) is 17.7 Å². The minimum atomic E-state index is -5.08. The zero-order valence-electron chi connectivity index (χ0n) is 16.0. The molecular weight excluding hydrogens is 389 g/mol. The molecule has 2 aromatic rings. The molecule has 0 fully saturated rings. The second-order valence-corrected chi connectivity index (χ2v) is 6.37. The highest BCUT2D eigenvalue weighted by Gasteiger charge is 2.38. The van der Waals surface area contributed by atoms with Crippen molar-refractivity contribution in [3.63, 3.8) is 0 Å². The van der Waals surface area contributed by atoms with Crippen molar-refractivity contribution in [3.8, 4) is 0 Å². The van der Waals surface area contributed by atoms with Crippen LogP contribution >= 0.6 is 0 Å². The van der Waals surface area contributed by atoms with E-state index >= 15 is 0 Å². The third kappa shape index (κ3) is 9.22. The Labute approximate surface area is 166 Å². The molecular formula is C20H23F3N2O4. The maximum Gasteiger partial charge on any atom is 0.490 e. The van der Waals surface area contributed by atoms with Crippen molar-refractivity contribution in [2.75, 3.05) is 20.6 Å². The van der Waals surface area contributed by atoms with Crippen LogP contribution in [0.3, 0.4) is 0 Å². The van der Waals surface area contributed by atoms with Crippen LogP contribution in [0.4, 0.5) is 13.2 Å². The van der Waals surface area contributed by atoms with Gasteiger partial charge in [-0.15, -0.1) is 0 Å². The Hall–Kier alpha value is -2.91. The molecule has 0 saturated carbocycles. The monoisotopic (exact) mass is 412 g/mol. The Balaban J connectivity index is 0.000000516. The smallest absolute Gasteiger partial charge is 0.475 e. The number of benzene rings is 2. The first kappa shape index (κ1) is 24.1. The van der Waals surface area contributed by atoms with Crippen molar-refractivity contribution in [2.45, 2.75) is 18.8 Å². The first-order valence-electron chi connectivity index (χ1n) is 8.55. The second kappa shape index (κ2) is 11.2. The van der Waals surface area contributed by atoms with Gasteiger partial charge in [-0.3, -0.25) is 4.79 Å². The number of aliphatic hydroxyl groups is 1. The zero-order valence-corrected chi connectivity index (χ0v) is 16.0. The number of aliphatic carboxylic acids is 1. The molecule has 0 spiro atoms. The maximum atomic E-state index is 12.1. The summed E-state index contributed by atoms with van der Waals surface area (Å²) in [6, 6.07) is 16.8. The molecule has 1 unspecified atom stereocenters. The van der Waals surface area contributed by atoms with Crippen molar-refractivity contribution in [1.29, 1.82) is 0 Å². The van der Waals surface area contributed by atoms with Crippen molar-refractivity contribution in [1.82, 2.24) is 10.2 Å². The van der Waals surface area contributed by atoms with Gasteiger partial charge in [-0.25, -0.2) is 4.79 Å². The molecule has 29 heavy (non-hydrogen) atoms. The van der Waals surface area contributed by atoms with E-state index in [1.54, 1.807) is 0 Å². The number of hydrogen-bond donors (Lipinski definition) is 3. The molecule has 0 aliphatic carbocycles. The van der Waals surface area contributed by atoms with E-state index < -0.39 is 18.2 Å². The number of nitrogens with one attached hydrogen (secondary N) is 1. The third-order valence-electron chi connectivity index (χ3n) is 3.60. The lowest BCUT2D eigenvalue weighted by Gasteiger charge is -2.13. The number of carboxylic acid groups (broad SMARTS) is 1. The summed E-state index contributed by atoms with van der Waals surface area (Å²) in [5, 5.41) is 19.9. The van der Waals surface area contributed by atoms with E-state index in [-0.39, 0.29) is 12.5 Å². The SMILES string of the molecule is CN(C)Cc1ccc(C(=O)NCC(O)c2ccccc2)cc1.O=C(O)C(F)(F)F. The van der Waals surface area contributed by atoms with Gasteiger partial charge in [0.2, 0.25) is 0 Å². The topological polar surface area (TPSA) is 89.9 Å². The van der Waals surface area contributed by atoms with Crippen molar-refractivity contribution in [2.24, 2.45) is 0 Å². The summed E-state index contributed by atoms with van der Waals surface area (Å²) >= 11 is 0. The fraction of sp³-hybridized carbons (Fsp3) is 0.300. The number of amides is 1. The van der Waals surface area contributed by atoms with Gasteiger partial charge in [0.1, 0.15) is 0 Å². The lowest BCUT2D eigenvalue weighted by Crippen LogP contribution is -2.28. The Kier molecular flexibility index (Phi) is 9.30. The number of carbonyl (C=O) groups excluding carboxylic acids is 1. The first-order chi connectivity index (χ1) is 13.5. The van der Waals surface area contributed by atoms with Gasteiger partial charge in [-0.2, -0.15) is 13.2 Å². The second-order valence-electron chi connectivity index (χ2n) is 6.37. The first-order valence-corrected chi connectivity index (χ1v) is 8.55. The van der Waals surface area contributed by atoms with Crippen molar-refractivity contribution >= 4 is 11.9 Å². The van der Waals surface area contributed by atoms with Crippen LogP contribution in [-0.2, 0) is 11.3 Å². The average molecular weight is 412 g/mol. The predicted octanol–water partition coefficient (Wildman–Crippen LogP) is 2.84. The molecule has 1 atom stereocenters. The summed E-state index contributed by atoms with van der Waals surface area (Å²) in [7, 11) is 4.01. The number of carbonyl (C=O) groups is 2. The van der Waals surface area contributed by atoms with Gasteiger partial charge >= 0.3 is 12.1 Å². The van der Waals surface area contributed by atoms with E-state index in [1.165, 1.54) is 0 Å². The van der Waals surface area contributed by atoms with Crippen LogP contribution in [0.1, 0.15) is 27.6 Å². The maximum absolute atomic E-state index is 12.1. The number of carboxylic acids is 1. The molecule has 0 aliphatic heterocycles. The summed E-state index contributed by atoms with van der Waals surface area (Å²) < 4.78 is 31.7. The van der Waals surface area contributed by atoms with E-state index in [1.807, 2.05) is 68.7 Å². The molecule has 0 saturated heterocycles. The summed E-state index contributed by atoms with van der Waals surface area (Å²) in [6.07, 6.45) is -5.78. The Morgan fingerprint density at radius 2 is 1.55 bits per heavy atom. The quantitative estimate of drug-likeness (QED) is 0.679. The Bertz CT molecular complexity index is 779.